The minimum Gasteiger partial charge on any atom is -0.301 e. The lowest BCUT2D eigenvalue weighted by atomic mass is 10.2. The van der Waals surface area contributed by atoms with Crippen molar-refractivity contribution in [1.82, 2.24) is 14.9 Å². The van der Waals surface area contributed by atoms with Crippen LogP contribution in [0, 0.1) is 6.92 Å². The number of rotatable bonds is 3. The molecule has 0 spiro atoms. The molecule has 0 bridgehead atoms. The van der Waals surface area contributed by atoms with Crippen LogP contribution in [0.4, 0.5) is 5.13 Å². The number of benzene rings is 1. The lowest BCUT2D eigenvalue weighted by Crippen LogP contribution is -2.25. The molecule has 0 saturated carbocycles. The third-order valence-electron chi connectivity index (χ3n) is 4.22. The zero-order valence-electron chi connectivity index (χ0n) is 14.4. The maximum absolute atomic E-state index is 12.7. The molecule has 5 nitrogen and oxygen atoms in total. The molecule has 1 aliphatic rings. The number of halogens is 1. The summed E-state index contributed by atoms with van der Waals surface area (Å²) in [5.74, 6) is -0.160. The van der Waals surface area contributed by atoms with Gasteiger partial charge in [-0.25, -0.2) is 9.97 Å². The molecule has 0 unspecified atom stereocenters. The van der Waals surface area contributed by atoms with Crippen molar-refractivity contribution >= 4 is 45.3 Å². The molecular weight excluding hydrogens is 388 g/mol. The molecule has 4 rings (SSSR count). The monoisotopic (exact) mass is 404 g/mol. The Morgan fingerprint density at radius 2 is 2.15 bits per heavy atom. The van der Waals surface area contributed by atoms with E-state index in [1.165, 1.54) is 16.2 Å². The highest BCUT2D eigenvalue weighted by Gasteiger charge is 2.21. The third kappa shape index (κ3) is 3.53. The van der Waals surface area contributed by atoms with Crippen LogP contribution in [-0.4, -0.2) is 34.4 Å². The molecule has 8 heteroatoms. The Bertz CT molecular complexity index is 981. The van der Waals surface area contributed by atoms with Crippen LogP contribution in [-0.2, 0) is 13.0 Å². The number of aromatic nitrogens is 2. The standard InChI is InChI=1S/C18H17ClN4OS2/c1-10-15(26-17(20-10)11-4-3-5-12(19)8-11)16(24)22-18-21-13-6-7-23(2)9-14(13)25-18/h3-5,8H,6-7,9H2,1-2H3,(H,21,22,24). The summed E-state index contributed by atoms with van der Waals surface area (Å²) in [6.07, 6.45) is 0.927. The SMILES string of the molecule is Cc1nc(-c2cccc(Cl)c2)sc1C(=O)Nc1nc2c(s1)CN(C)CC2. The van der Waals surface area contributed by atoms with E-state index in [0.717, 1.165) is 35.8 Å². The number of carbonyl (C=O) groups is 1. The normalized spacial score (nSPS) is 14.3. The Kier molecular flexibility index (Phi) is 4.79. The molecule has 1 amide bonds. The Balaban J connectivity index is 1.56. The minimum absolute atomic E-state index is 0.160. The maximum Gasteiger partial charge on any atom is 0.269 e. The first-order valence-electron chi connectivity index (χ1n) is 8.21. The molecule has 3 heterocycles. The molecule has 0 atom stereocenters. The van der Waals surface area contributed by atoms with E-state index in [1.54, 1.807) is 11.3 Å². The predicted octanol–water partition coefficient (Wildman–Crippen LogP) is 4.47. The number of fused-ring (bicyclic) bond motifs is 1. The number of thiazole rings is 2. The van der Waals surface area contributed by atoms with Gasteiger partial charge >= 0.3 is 0 Å². The Labute approximate surface area is 164 Å². The molecule has 1 aliphatic heterocycles. The van der Waals surface area contributed by atoms with Gasteiger partial charge in [-0.1, -0.05) is 23.7 Å². The molecule has 2 aromatic heterocycles. The lowest BCUT2D eigenvalue weighted by molar-refractivity contribution is 0.103. The third-order valence-corrected chi connectivity index (χ3v) is 6.66. The average Bonchev–Trinajstić information content (AvgIpc) is 3.17. The van der Waals surface area contributed by atoms with Gasteiger partial charge in [0.15, 0.2) is 5.13 Å². The molecule has 26 heavy (non-hydrogen) atoms. The van der Waals surface area contributed by atoms with Gasteiger partial charge in [-0.2, -0.15) is 0 Å². The number of nitrogens with zero attached hydrogens (tertiary/aromatic N) is 3. The summed E-state index contributed by atoms with van der Waals surface area (Å²) in [5, 5.41) is 5.04. The van der Waals surface area contributed by atoms with Crippen LogP contribution in [0.5, 0.6) is 0 Å². The fourth-order valence-electron chi connectivity index (χ4n) is 2.88. The molecule has 1 aromatic carbocycles. The van der Waals surface area contributed by atoms with Crippen LogP contribution in [0.25, 0.3) is 10.6 Å². The van der Waals surface area contributed by atoms with Gasteiger partial charge in [0.2, 0.25) is 0 Å². The van der Waals surface area contributed by atoms with E-state index in [-0.39, 0.29) is 5.91 Å². The molecule has 1 N–H and O–H groups in total. The molecule has 0 saturated heterocycles. The zero-order valence-corrected chi connectivity index (χ0v) is 16.8. The van der Waals surface area contributed by atoms with Crippen molar-refractivity contribution in [2.45, 2.75) is 19.9 Å². The van der Waals surface area contributed by atoms with E-state index < -0.39 is 0 Å². The van der Waals surface area contributed by atoms with E-state index in [4.69, 9.17) is 11.6 Å². The minimum atomic E-state index is -0.160. The van der Waals surface area contributed by atoms with Crippen LogP contribution < -0.4 is 5.32 Å². The molecule has 3 aromatic rings. The number of anilines is 1. The van der Waals surface area contributed by atoms with Crippen LogP contribution in [0.1, 0.15) is 25.9 Å². The Hall–Kier alpha value is -1.80. The highest BCUT2D eigenvalue weighted by Crippen LogP contribution is 2.31. The van der Waals surface area contributed by atoms with Crippen LogP contribution in [0.2, 0.25) is 5.02 Å². The first kappa shape index (κ1) is 17.6. The Morgan fingerprint density at radius 3 is 2.96 bits per heavy atom. The van der Waals surface area contributed by atoms with Crippen molar-refractivity contribution < 1.29 is 4.79 Å². The summed E-state index contributed by atoms with van der Waals surface area (Å²) in [5.41, 5.74) is 2.73. The van der Waals surface area contributed by atoms with Crippen molar-refractivity contribution in [1.29, 1.82) is 0 Å². The van der Waals surface area contributed by atoms with Crippen molar-refractivity contribution in [2.75, 3.05) is 18.9 Å². The number of hydrogen-bond donors (Lipinski definition) is 1. The van der Waals surface area contributed by atoms with E-state index in [2.05, 4.69) is 27.2 Å². The smallest absolute Gasteiger partial charge is 0.269 e. The zero-order chi connectivity index (χ0) is 18.3. The molecule has 0 fully saturated rings. The quantitative estimate of drug-likeness (QED) is 0.699. The van der Waals surface area contributed by atoms with Gasteiger partial charge < -0.3 is 4.90 Å². The Morgan fingerprint density at radius 1 is 1.31 bits per heavy atom. The second-order valence-electron chi connectivity index (χ2n) is 6.27. The fraction of sp³-hybridized carbons (Fsp3) is 0.278. The van der Waals surface area contributed by atoms with Crippen molar-refractivity contribution in [3.8, 4) is 10.6 Å². The van der Waals surface area contributed by atoms with Gasteiger partial charge in [-0.3, -0.25) is 10.1 Å². The highest BCUT2D eigenvalue weighted by atomic mass is 35.5. The summed E-state index contributed by atoms with van der Waals surface area (Å²) >= 11 is 8.98. The molecule has 134 valence electrons. The summed E-state index contributed by atoms with van der Waals surface area (Å²) in [7, 11) is 2.10. The maximum atomic E-state index is 12.7. The lowest BCUT2D eigenvalue weighted by Gasteiger charge is -2.20. The van der Waals surface area contributed by atoms with Gasteiger partial charge in [0.25, 0.3) is 5.91 Å². The number of likely N-dealkylation sites (N-methyl/N-ethyl adjacent to an activating group) is 1. The number of aryl methyl sites for hydroxylation is 1. The highest BCUT2D eigenvalue weighted by molar-refractivity contribution is 7.18. The van der Waals surface area contributed by atoms with Crippen LogP contribution in [0.15, 0.2) is 24.3 Å². The molecule has 0 radical (unpaired) electrons. The van der Waals surface area contributed by atoms with Crippen molar-refractivity contribution in [2.24, 2.45) is 0 Å². The van der Waals surface area contributed by atoms with Gasteiger partial charge in [-0.05, 0) is 26.1 Å². The number of nitrogens with one attached hydrogen (secondary N) is 1. The number of amides is 1. The fourth-order valence-corrected chi connectivity index (χ4v) is 5.11. The largest absolute Gasteiger partial charge is 0.301 e. The van der Waals surface area contributed by atoms with Crippen LogP contribution >= 0.6 is 34.3 Å². The van der Waals surface area contributed by atoms with E-state index in [0.29, 0.717) is 20.7 Å². The van der Waals surface area contributed by atoms with E-state index in [9.17, 15) is 4.79 Å². The number of carbonyl (C=O) groups excluding carboxylic acids is 1. The van der Waals surface area contributed by atoms with Gasteiger partial charge in [-0.15, -0.1) is 22.7 Å². The van der Waals surface area contributed by atoms with Gasteiger partial charge in [0.1, 0.15) is 9.88 Å². The second-order valence-corrected chi connectivity index (χ2v) is 8.79. The number of hydrogen-bond acceptors (Lipinski definition) is 6. The summed E-state index contributed by atoms with van der Waals surface area (Å²) in [6, 6.07) is 7.50. The van der Waals surface area contributed by atoms with E-state index >= 15 is 0 Å². The topological polar surface area (TPSA) is 58.1 Å². The van der Waals surface area contributed by atoms with Crippen molar-refractivity contribution in [3.05, 3.63) is 50.4 Å². The average molecular weight is 405 g/mol. The summed E-state index contributed by atoms with van der Waals surface area (Å²) in [6.45, 7) is 3.74. The first-order chi connectivity index (χ1) is 12.5. The van der Waals surface area contributed by atoms with Gasteiger partial charge in [0, 0.05) is 35.0 Å². The second kappa shape index (κ2) is 7.08. The first-order valence-corrected chi connectivity index (χ1v) is 10.2. The summed E-state index contributed by atoms with van der Waals surface area (Å²) in [4.78, 5) is 25.9. The summed E-state index contributed by atoms with van der Waals surface area (Å²) < 4.78 is 0. The predicted molar refractivity (Wildman–Crippen MR) is 107 cm³/mol. The van der Waals surface area contributed by atoms with Crippen LogP contribution in [0.3, 0.4) is 0 Å². The molecular formula is C18H17ClN4OS2. The molecule has 0 aliphatic carbocycles. The van der Waals surface area contributed by atoms with Crippen molar-refractivity contribution in [3.63, 3.8) is 0 Å². The van der Waals surface area contributed by atoms with E-state index in [1.807, 2.05) is 31.2 Å². The van der Waals surface area contributed by atoms with Gasteiger partial charge in [0.05, 0.1) is 11.4 Å².